The first-order valence-corrected chi connectivity index (χ1v) is 10.9. The van der Waals surface area contributed by atoms with Crippen LogP contribution in [0, 0.1) is 9.65 Å². The summed E-state index contributed by atoms with van der Waals surface area (Å²) in [7, 11) is 0. The summed E-state index contributed by atoms with van der Waals surface area (Å²) in [5.74, 6) is 1.81. The summed E-state index contributed by atoms with van der Waals surface area (Å²) in [6.45, 7) is 6.46. The Kier molecular flexibility index (Phi) is 5.86. The number of aromatic nitrogens is 4. The molecule has 3 N–H and O–H groups in total. The van der Waals surface area contributed by atoms with Crippen LogP contribution in [0.1, 0.15) is 37.2 Å². The molecule has 0 radical (unpaired) electrons. The molecular formula is C20H24FIN6O. The molecule has 4 rings (SSSR count). The van der Waals surface area contributed by atoms with Crippen molar-refractivity contribution in [2.45, 2.75) is 45.7 Å². The summed E-state index contributed by atoms with van der Waals surface area (Å²) in [5.41, 5.74) is 9.19. The van der Waals surface area contributed by atoms with Gasteiger partial charge in [0, 0.05) is 29.0 Å². The lowest BCUT2D eigenvalue weighted by Crippen LogP contribution is -2.24. The highest BCUT2D eigenvalue weighted by molar-refractivity contribution is 14.1. The van der Waals surface area contributed by atoms with Gasteiger partial charge in [0.2, 0.25) is 0 Å². The van der Waals surface area contributed by atoms with Crippen LogP contribution in [0.5, 0.6) is 5.75 Å². The quantitative estimate of drug-likeness (QED) is 0.286. The van der Waals surface area contributed by atoms with E-state index < -0.39 is 6.08 Å². The third-order valence-corrected chi connectivity index (χ3v) is 6.00. The second-order valence-electron chi connectivity index (χ2n) is 7.52. The summed E-state index contributed by atoms with van der Waals surface area (Å²) in [6, 6.07) is 4.67. The maximum absolute atomic E-state index is 13.8. The second-order valence-corrected chi connectivity index (χ2v) is 8.68. The van der Waals surface area contributed by atoms with Crippen molar-refractivity contribution in [2.24, 2.45) is 0 Å². The molecule has 1 aliphatic rings. The molecule has 9 heteroatoms. The van der Waals surface area contributed by atoms with E-state index in [0.29, 0.717) is 30.2 Å². The number of benzene rings is 1. The van der Waals surface area contributed by atoms with Crippen molar-refractivity contribution in [3.63, 3.8) is 0 Å². The Morgan fingerprint density at radius 3 is 2.93 bits per heavy atom. The van der Waals surface area contributed by atoms with E-state index in [1.54, 1.807) is 0 Å². The zero-order valence-electron chi connectivity index (χ0n) is 16.5. The van der Waals surface area contributed by atoms with Crippen LogP contribution < -0.4 is 15.8 Å². The van der Waals surface area contributed by atoms with Gasteiger partial charge in [0.05, 0.1) is 6.61 Å². The van der Waals surface area contributed by atoms with Crippen molar-refractivity contribution < 1.29 is 9.13 Å². The van der Waals surface area contributed by atoms with Crippen molar-refractivity contribution >= 4 is 39.6 Å². The zero-order chi connectivity index (χ0) is 20.5. The highest BCUT2D eigenvalue weighted by Gasteiger charge is 2.20. The molecule has 29 heavy (non-hydrogen) atoms. The number of aryl methyl sites for hydroxylation is 1. The van der Waals surface area contributed by atoms with Crippen LogP contribution in [0.3, 0.4) is 0 Å². The standard InChI is InChI=1S/C20H24FIN6O/c1-11(2)24-5-3-6-28-16(25-17-18(23)26-20(21)27-19(17)28)10-13-9-15-12(4-7-29-15)8-14(13)22/h8-9,11,24H,3-7,10H2,1-2H3,(H2,23,26,27)/i22+4. The Balaban J connectivity index is 1.69. The summed E-state index contributed by atoms with van der Waals surface area (Å²) >= 11 is 2.35. The normalized spacial score (nSPS) is 13.3. The van der Waals surface area contributed by atoms with Crippen molar-refractivity contribution in [1.82, 2.24) is 24.8 Å². The van der Waals surface area contributed by atoms with E-state index in [1.165, 1.54) is 5.56 Å². The molecule has 0 unspecified atom stereocenters. The van der Waals surface area contributed by atoms with Crippen LogP contribution in [-0.2, 0) is 19.4 Å². The number of nitrogens with one attached hydrogen (secondary N) is 1. The monoisotopic (exact) mass is 514 g/mol. The van der Waals surface area contributed by atoms with E-state index in [1.807, 2.05) is 4.57 Å². The average molecular weight is 514 g/mol. The first kappa shape index (κ1) is 20.3. The molecule has 1 aromatic carbocycles. The lowest BCUT2D eigenvalue weighted by Gasteiger charge is -2.12. The fourth-order valence-corrected chi connectivity index (χ4v) is 4.30. The number of nitrogens with two attached hydrogens (primary N) is 1. The number of hydrogen-bond acceptors (Lipinski definition) is 6. The van der Waals surface area contributed by atoms with Crippen LogP contribution in [0.2, 0.25) is 0 Å². The Labute approximate surface area is 182 Å². The zero-order valence-corrected chi connectivity index (χ0v) is 18.7. The van der Waals surface area contributed by atoms with Crippen molar-refractivity contribution in [1.29, 1.82) is 0 Å². The number of nitrogen functional groups attached to an aromatic ring is 1. The number of anilines is 1. The third kappa shape index (κ3) is 4.30. The number of nitrogens with zero attached hydrogens (tertiary/aromatic N) is 4. The number of fused-ring (bicyclic) bond motifs is 2. The van der Waals surface area contributed by atoms with E-state index in [9.17, 15) is 4.39 Å². The van der Waals surface area contributed by atoms with Gasteiger partial charge in [-0.25, -0.2) is 4.98 Å². The Morgan fingerprint density at radius 2 is 2.14 bits per heavy atom. The van der Waals surface area contributed by atoms with Crippen LogP contribution in [0.25, 0.3) is 11.2 Å². The molecule has 1 aliphatic heterocycles. The van der Waals surface area contributed by atoms with E-state index in [-0.39, 0.29) is 5.82 Å². The van der Waals surface area contributed by atoms with E-state index in [2.05, 4.69) is 68.8 Å². The second kappa shape index (κ2) is 8.39. The molecule has 154 valence electrons. The molecule has 0 aliphatic carbocycles. The van der Waals surface area contributed by atoms with Gasteiger partial charge in [0.25, 0.3) is 0 Å². The van der Waals surface area contributed by atoms with Gasteiger partial charge < -0.3 is 20.4 Å². The van der Waals surface area contributed by atoms with Crippen LogP contribution in [-0.4, -0.2) is 38.7 Å². The molecule has 0 bridgehead atoms. The number of imidazole rings is 1. The van der Waals surface area contributed by atoms with Gasteiger partial charge in [0.15, 0.2) is 17.0 Å². The predicted octanol–water partition coefficient (Wildman–Crippen LogP) is 3.07. The molecule has 0 spiro atoms. The maximum Gasteiger partial charge on any atom is 0.312 e. The molecule has 0 atom stereocenters. The smallest absolute Gasteiger partial charge is 0.312 e. The average Bonchev–Trinajstić information content (AvgIpc) is 3.23. The Bertz CT molecular complexity index is 1050. The summed E-state index contributed by atoms with van der Waals surface area (Å²) < 4.78 is 22.7. The van der Waals surface area contributed by atoms with Crippen molar-refractivity contribution in [2.75, 3.05) is 18.9 Å². The Morgan fingerprint density at radius 1 is 1.31 bits per heavy atom. The van der Waals surface area contributed by atoms with Gasteiger partial charge >= 0.3 is 6.08 Å². The van der Waals surface area contributed by atoms with Crippen molar-refractivity contribution in [3.05, 3.63) is 38.7 Å². The summed E-state index contributed by atoms with van der Waals surface area (Å²) in [6.07, 6.45) is 1.57. The highest BCUT2D eigenvalue weighted by atomic mass is 131. The maximum atomic E-state index is 13.8. The third-order valence-electron chi connectivity index (χ3n) is 4.99. The van der Waals surface area contributed by atoms with Gasteiger partial charge in [-0.3, -0.25) is 0 Å². The fraction of sp³-hybridized carbons (Fsp3) is 0.450. The van der Waals surface area contributed by atoms with Gasteiger partial charge in [-0.1, -0.05) is 13.8 Å². The number of ether oxygens (including phenoxy) is 1. The SMILES string of the molecule is CC(C)NCCCn1c(Cc2cc3c(cc2[131I])CCO3)nc2c(N)nc(F)nc21. The van der Waals surface area contributed by atoms with Gasteiger partial charge in [-0.05, 0) is 58.8 Å². The topological polar surface area (TPSA) is 90.9 Å². The largest absolute Gasteiger partial charge is 0.493 e. The summed E-state index contributed by atoms with van der Waals surface area (Å²) in [4.78, 5) is 12.3. The predicted molar refractivity (Wildman–Crippen MR) is 119 cm³/mol. The molecule has 0 saturated heterocycles. The van der Waals surface area contributed by atoms with Crippen molar-refractivity contribution in [3.8, 4) is 5.75 Å². The van der Waals surface area contributed by atoms with Gasteiger partial charge in [-0.2, -0.15) is 14.4 Å². The van der Waals surface area contributed by atoms with E-state index >= 15 is 0 Å². The van der Waals surface area contributed by atoms with Crippen LogP contribution >= 0.6 is 22.6 Å². The molecule has 3 heterocycles. The molecule has 2 aromatic heterocycles. The first-order chi connectivity index (χ1) is 13.9. The van der Waals surface area contributed by atoms with E-state index in [0.717, 1.165) is 46.7 Å². The lowest BCUT2D eigenvalue weighted by molar-refractivity contribution is 0.356. The summed E-state index contributed by atoms with van der Waals surface area (Å²) in [5, 5.41) is 3.40. The number of halogens is 2. The van der Waals surface area contributed by atoms with Gasteiger partial charge in [-0.15, -0.1) is 0 Å². The molecule has 0 fully saturated rings. The Hall–Kier alpha value is -2.01. The minimum absolute atomic E-state index is 0.0692. The molecule has 7 nitrogen and oxygen atoms in total. The minimum Gasteiger partial charge on any atom is -0.493 e. The molecule has 0 saturated carbocycles. The molecule has 3 aromatic rings. The van der Waals surface area contributed by atoms with E-state index in [4.69, 9.17) is 10.5 Å². The first-order valence-electron chi connectivity index (χ1n) is 9.78. The molecule has 0 amide bonds. The molecular weight excluding hydrogens is 490 g/mol. The minimum atomic E-state index is -0.830. The van der Waals surface area contributed by atoms with Gasteiger partial charge in [0.1, 0.15) is 11.6 Å². The van der Waals surface area contributed by atoms with Crippen LogP contribution in [0.15, 0.2) is 12.1 Å². The van der Waals surface area contributed by atoms with Crippen LogP contribution in [0.4, 0.5) is 10.2 Å². The highest BCUT2D eigenvalue weighted by Crippen LogP contribution is 2.31. The lowest BCUT2D eigenvalue weighted by atomic mass is 10.1. The fourth-order valence-electron chi connectivity index (χ4n) is 3.58. The number of rotatable bonds is 7. The number of hydrogen-bond donors (Lipinski definition) is 2.